The summed E-state index contributed by atoms with van der Waals surface area (Å²) in [5.41, 5.74) is 14.6. The number of hydrogen-bond donors (Lipinski definition) is 0. The molecule has 2 saturated carbocycles. The lowest BCUT2D eigenvalue weighted by molar-refractivity contribution is 0.327. The highest BCUT2D eigenvalue weighted by Crippen LogP contribution is 2.67. The molecule has 1 heteroatoms. The molecule has 11 rings (SSSR count). The normalized spacial score (nSPS) is 19.7. The van der Waals surface area contributed by atoms with Gasteiger partial charge in [-0.1, -0.05) is 152 Å². The van der Waals surface area contributed by atoms with Crippen LogP contribution in [0.4, 0.5) is 17.1 Å². The van der Waals surface area contributed by atoms with Gasteiger partial charge in [0, 0.05) is 22.2 Å². The van der Waals surface area contributed by atoms with E-state index in [0.717, 1.165) is 17.5 Å². The summed E-state index contributed by atoms with van der Waals surface area (Å²) in [7, 11) is 0. The van der Waals surface area contributed by atoms with Gasteiger partial charge in [-0.25, -0.2) is 0 Å². The molecule has 0 radical (unpaired) electrons. The summed E-state index contributed by atoms with van der Waals surface area (Å²) in [4.78, 5) is 2.55. The van der Waals surface area contributed by atoms with Gasteiger partial charge < -0.3 is 4.90 Å². The molecule has 1 spiro atoms. The van der Waals surface area contributed by atoms with Crippen LogP contribution in [0.25, 0.3) is 54.9 Å². The quantitative estimate of drug-likeness (QED) is 0.165. The van der Waals surface area contributed by atoms with Crippen molar-refractivity contribution >= 4 is 38.6 Å². The molecule has 0 aromatic heterocycles. The largest absolute Gasteiger partial charge is 0.309 e. The fourth-order valence-corrected chi connectivity index (χ4v) is 10.6. The van der Waals surface area contributed by atoms with Crippen LogP contribution in [0.15, 0.2) is 176 Å². The van der Waals surface area contributed by atoms with Crippen molar-refractivity contribution in [1.82, 2.24) is 0 Å². The average Bonchev–Trinajstić information content (AvgIpc) is 3.92. The molecule has 3 aliphatic carbocycles. The molecule has 8 aromatic carbocycles. The molecule has 0 amide bonds. The van der Waals surface area contributed by atoms with Crippen LogP contribution in [0, 0.1) is 11.8 Å². The third-order valence-corrected chi connectivity index (χ3v) is 12.7. The molecule has 248 valence electrons. The van der Waals surface area contributed by atoms with Crippen molar-refractivity contribution in [2.75, 3.05) is 4.90 Å². The minimum absolute atomic E-state index is 0.121. The summed E-state index contributed by atoms with van der Waals surface area (Å²) in [6.07, 6.45) is 5.37. The molecular weight excluding hydrogens is 627 g/mol. The van der Waals surface area contributed by atoms with Crippen LogP contribution in [0.1, 0.15) is 36.8 Å². The topological polar surface area (TPSA) is 3.24 Å². The predicted octanol–water partition coefficient (Wildman–Crippen LogP) is 13.9. The van der Waals surface area contributed by atoms with Crippen molar-refractivity contribution in [2.45, 2.75) is 31.1 Å². The van der Waals surface area contributed by atoms with Crippen molar-refractivity contribution in [3.05, 3.63) is 187 Å². The van der Waals surface area contributed by atoms with Crippen LogP contribution in [0.5, 0.6) is 0 Å². The first-order chi connectivity index (χ1) is 25.8. The van der Waals surface area contributed by atoms with E-state index in [-0.39, 0.29) is 5.41 Å². The minimum Gasteiger partial charge on any atom is -0.309 e. The number of fused-ring (bicyclic) bond motifs is 11. The van der Waals surface area contributed by atoms with Crippen LogP contribution in [0.2, 0.25) is 0 Å². The Bertz CT molecular complexity index is 2650. The summed E-state index contributed by atoms with van der Waals surface area (Å²) < 4.78 is 0. The predicted molar refractivity (Wildman–Crippen MR) is 219 cm³/mol. The van der Waals surface area contributed by atoms with Crippen molar-refractivity contribution < 1.29 is 0 Å². The van der Waals surface area contributed by atoms with Crippen LogP contribution in [-0.4, -0.2) is 0 Å². The number of para-hydroxylation sites is 1. The van der Waals surface area contributed by atoms with E-state index in [1.165, 1.54) is 92.0 Å². The third-order valence-electron chi connectivity index (χ3n) is 12.7. The molecule has 0 saturated heterocycles. The second-order valence-corrected chi connectivity index (χ2v) is 15.3. The zero-order valence-corrected chi connectivity index (χ0v) is 29.2. The van der Waals surface area contributed by atoms with E-state index in [2.05, 4.69) is 181 Å². The monoisotopic (exact) mass is 665 g/mol. The molecule has 3 unspecified atom stereocenters. The van der Waals surface area contributed by atoms with E-state index in [1.807, 2.05) is 0 Å². The number of hydrogen-bond acceptors (Lipinski definition) is 1. The van der Waals surface area contributed by atoms with E-state index in [9.17, 15) is 0 Å². The van der Waals surface area contributed by atoms with Gasteiger partial charge in [0.25, 0.3) is 0 Å². The van der Waals surface area contributed by atoms with Gasteiger partial charge in [0.2, 0.25) is 0 Å². The smallest absolute Gasteiger partial charge is 0.0543 e. The molecular formula is C51H39N. The van der Waals surface area contributed by atoms with Crippen LogP contribution >= 0.6 is 0 Å². The number of rotatable bonds is 5. The fraction of sp³-hybridized carbons (Fsp3) is 0.137. The maximum atomic E-state index is 2.55. The van der Waals surface area contributed by atoms with E-state index in [1.54, 1.807) is 11.1 Å². The van der Waals surface area contributed by atoms with Gasteiger partial charge in [0.1, 0.15) is 0 Å². The van der Waals surface area contributed by atoms with Crippen LogP contribution in [0.3, 0.4) is 0 Å². The Morgan fingerprint density at radius 3 is 1.92 bits per heavy atom. The molecule has 0 N–H and O–H groups in total. The minimum atomic E-state index is 0.121. The lowest BCUT2D eigenvalue weighted by Crippen LogP contribution is -2.31. The highest BCUT2D eigenvalue weighted by Gasteiger charge is 2.57. The Kier molecular flexibility index (Phi) is 6.61. The highest BCUT2D eigenvalue weighted by atomic mass is 15.1. The fourth-order valence-electron chi connectivity index (χ4n) is 10.6. The molecule has 0 aliphatic heterocycles. The lowest BCUT2D eigenvalue weighted by atomic mass is 9.67. The Morgan fingerprint density at radius 2 is 1.12 bits per heavy atom. The van der Waals surface area contributed by atoms with Gasteiger partial charge >= 0.3 is 0 Å². The van der Waals surface area contributed by atoms with Gasteiger partial charge in [-0.15, -0.1) is 0 Å². The summed E-state index contributed by atoms with van der Waals surface area (Å²) >= 11 is 0. The zero-order chi connectivity index (χ0) is 34.2. The second-order valence-electron chi connectivity index (χ2n) is 15.3. The number of anilines is 3. The molecule has 0 heterocycles. The molecule has 2 fully saturated rings. The van der Waals surface area contributed by atoms with E-state index >= 15 is 0 Å². The second kappa shape index (κ2) is 11.6. The van der Waals surface area contributed by atoms with E-state index < -0.39 is 0 Å². The van der Waals surface area contributed by atoms with Gasteiger partial charge in [-0.05, 0) is 116 Å². The maximum absolute atomic E-state index is 2.55. The summed E-state index contributed by atoms with van der Waals surface area (Å²) in [5.74, 6) is 1.55. The van der Waals surface area contributed by atoms with Crippen molar-refractivity contribution in [3.63, 3.8) is 0 Å². The molecule has 2 bridgehead atoms. The zero-order valence-electron chi connectivity index (χ0n) is 29.2. The first-order valence-corrected chi connectivity index (χ1v) is 19.0. The molecule has 8 aromatic rings. The summed E-state index contributed by atoms with van der Waals surface area (Å²) in [6, 6.07) is 65.7. The first kappa shape index (κ1) is 29.8. The molecule has 52 heavy (non-hydrogen) atoms. The Labute approximate surface area is 305 Å². The summed E-state index contributed by atoms with van der Waals surface area (Å²) in [6.45, 7) is 0. The van der Waals surface area contributed by atoms with E-state index in [4.69, 9.17) is 0 Å². The SMILES string of the molecule is c1ccc(-c2ccccc2N(c2ccc(-c3cc4ccccc4c4ccccc34)cc2)c2cccc3c2-c2ccccc2C32CC3CCC2C3)cc1. The van der Waals surface area contributed by atoms with Gasteiger partial charge in [0.05, 0.1) is 11.4 Å². The van der Waals surface area contributed by atoms with Gasteiger partial charge in [0.15, 0.2) is 0 Å². The van der Waals surface area contributed by atoms with Gasteiger partial charge in [-0.3, -0.25) is 0 Å². The first-order valence-electron chi connectivity index (χ1n) is 19.0. The lowest BCUT2D eigenvalue weighted by Gasteiger charge is -2.37. The number of nitrogens with zero attached hydrogens (tertiary/aromatic N) is 1. The highest BCUT2D eigenvalue weighted by molar-refractivity contribution is 6.13. The number of benzene rings is 8. The van der Waals surface area contributed by atoms with Crippen LogP contribution in [-0.2, 0) is 5.41 Å². The van der Waals surface area contributed by atoms with Crippen LogP contribution < -0.4 is 4.90 Å². The Hall–Kier alpha value is -5.92. The third kappa shape index (κ3) is 4.29. The molecule has 3 atom stereocenters. The Balaban J connectivity index is 1.14. The average molecular weight is 666 g/mol. The van der Waals surface area contributed by atoms with Gasteiger partial charge in [-0.2, -0.15) is 0 Å². The summed E-state index contributed by atoms with van der Waals surface area (Å²) in [5, 5.41) is 5.15. The Morgan fingerprint density at radius 1 is 0.462 bits per heavy atom. The maximum Gasteiger partial charge on any atom is 0.0543 e. The van der Waals surface area contributed by atoms with Crippen molar-refractivity contribution in [3.8, 4) is 33.4 Å². The standard InChI is InChI=1S/C51H39N/c1-2-13-35(14-3-1)41-17-9-11-23-48(41)52(39-29-26-36(27-30-39)45-32-37-15-4-5-16-40(37)42-18-6-7-19-43(42)45)49-24-12-22-47-50(49)44-20-8-10-21-46(44)51(47)33-34-25-28-38(51)31-34/h1-24,26-27,29-30,32,34,38H,25,28,31,33H2. The molecule has 3 aliphatic rings. The van der Waals surface area contributed by atoms with E-state index in [0.29, 0.717) is 0 Å². The van der Waals surface area contributed by atoms with Crippen molar-refractivity contribution in [1.29, 1.82) is 0 Å². The van der Waals surface area contributed by atoms with Crippen molar-refractivity contribution in [2.24, 2.45) is 11.8 Å². The molecule has 1 nitrogen and oxygen atoms in total.